The summed E-state index contributed by atoms with van der Waals surface area (Å²) < 4.78 is 0. The lowest BCUT2D eigenvalue weighted by Gasteiger charge is -2.32. The number of hydrogen-bond donors (Lipinski definition) is 1. The lowest BCUT2D eigenvalue weighted by molar-refractivity contribution is 0.161. The van der Waals surface area contributed by atoms with E-state index in [1.807, 2.05) is 29.2 Å². The number of nitrogens with one attached hydrogen (secondary N) is 1. The van der Waals surface area contributed by atoms with Gasteiger partial charge in [-0.25, -0.2) is 4.79 Å². The fourth-order valence-electron chi connectivity index (χ4n) is 2.46. The molecule has 1 aliphatic rings. The molecule has 3 heteroatoms. The number of aryl methyl sites for hydroxylation is 1. The van der Waals surface area contributed by atoms with Gasteiger partial charge in [0.2, 0.25) is 0 Å². The van der Waals surface area contributed by atoms with Gasteiger partial charge in [0, 0.05) is 18.8 Å². The second-order valence-electron chi connectivity index (χ2n) is 5.18. The van der Waals surface area contributed by atoms with Gasteiger partial charge in [-0.1, -0.05) is 24.3 Å². The molecule has 0 bridgehead atoms. The molecule has 1 aromatic carbocycles. The minimum atomic E-state index is 0.0111. The molecular formula is C16H22N2O. The Bertz CT molecular complexity index is 468. The lowest BCUT2D eigenvalue weighted by Crippen LogP contribution is -2.46. The van der Waals surface area contributed by atoms with Crippen molar-refractivity contribution in [1.82, 2.24) is 10.2 Å². The van der Waals surface area contributed by atoms with Crippen LogP contribution in [0.2, 0.25) is 0 Å². The summed E-state index contributed by atoms with van der Waals surface area (Å²) in [6.45, 7) is 5.04. The highest BCUT2D eigenvalue weighted by atomic mass is 16.2. The fourth-order valence-corrected chi connectivity index (χ4v) is 2.46. The van der Waals surface area contributed by atoms with E-state index in [2.05, 4.69) is 25.2 Å². The van der Waals surface area contributed by atoms with Crippen LogP contribution < -0.4 is 5.32 Å². The summed E-state index contributed by atoms with van der Waals surface area (Å²) in [4.78, 5) is 14.0. The Morgan fingerprint density at radius 1 is 1.37 bits per heavy atom. The Labute approximate surface area is 115 Å². The van der Waals surface area contributed by atoms with Crippen molar-refractivity contribution in [1.29, 1.82) is 0 Å². The second-order valence-corrected chi connectivity index (χ2v) is 5.18. The minimum absolute atomic E-state index is 0.0111. The summed E-state index contributed by atoms with van der Waals surface area (Å²) >= 11 is 0. The highest BCUT2D eigenvalue weighted by Crippen LogP contribution is 2.16. The Kier molecular flexibility index (Phi) is 4.61. The molecule has 1 saturated heterocycles. The SMILES string of the molecule is Cc1ccccc1/C=C/NC(=O)N1CCCCC1C. The predicted octanol–water partition coefficient (Wildman–Crippen LogP) is 3.55. The zero-order valence-corrected chi connectivity index (χ0v) is 11.7. The number of likely N-dealkylation sites (tertiary alicyclic amines) is 1. The number of hydrogen-bond acceptors (Lipinski definition) is 1. The first-order chi connectivity index (χ1) is 9.18. The topological polar surface area (TPSA) is 32.3 Å². The van der Waals surface area contributed by atoms with Gasteiger partial charge in [0.1, 0.15) is 0 Å². The molecule has 1 aromatic rings. The average Bonchev–Trinajstić information content (AvgIpc) is 2.41. The van der Waals surface area contributed by atoms with Crippen LogP contribution in [0.4, 0.5) is 4.79 Å². The van der Waals surface area contributed by atoms with Gasteiger partial charge in [-0.3, -0.25) is 0 Å². The first-order valence-electron chi connectivity index (χ1n) is 6.98. The van der Waals surface area contributed by atoms with Crippen LogP contribution >= 0.6 is 0 Å². The number of carbonyl (C=O) groups is 1. The fraction of sp³-hybridized carbons (Fsp3) is 0.438. The van der Waals surface area contributed by atoms with E-state index in [9.17, 15) is 4.79 Å². The summed E-state index contributed by atoms with van der Waals surface area (Å²) in [6.07, 6.45) is 7.13. The Hall–Kier alpha value is -1.77. The normalized spacial score (nSPS) is 19.7. The molecule has 1 unspecified atom stereocenters. The van der Waals surface area contributed by atoms with Crippen LogP contribution in [0.25, 0.3) is 6.08 Å². The zero-order chi connectivity index (χ0) is 13.7. The van der Waals surface area contributed by atoms with E-state index >= 15 is 0 Å². The standard InChI is InChI=1S/C16H22N2O/c1-13-7-3-4-9-15(13)10-11-17-16(19)18-12-6-5-8-14(18)2/h3-4,7,9-11,14H,5-6,8,12H2,1-2H3,(H,17,19)/b11-10+. The van der Waals surface area contributed by atoms with E-state index in [1.165, 1.54) is 12.0 Å². The van der Waals surface area contributed by atoms with Gasteiger partial charge in [0.15, 0.2) is 0 Å². The molecule has 0 spiro atoms. The Morgan fingerprint density at radius 2 is 2.16 bits per heavy atom. The third kappa shape index (κ3) is 3.60. The van der Waals surface area contributed by atoms with Crippen molar-refractivity contribution in [3.63, 3.8) is 0 Å². The van der Waals surface area contributed by atoms with Gasteiger partial charge in [0.05, 0.1) is 0 Å². The Morgan fingerprint density at radius 3 is 2.89 bits per heavy atom. The highest BCUT2D eigenvalue weighted by molar-refractivity contribution is 5.76. The number of nitrogens with zero attached hydrogens (tertiary/aromatic N) is 1. The molecular weight excluding hydrogens is 236 g/mol. The maximum atomic E-state index is 12.0. The number of rotatable bonds is 2. The monoisotopic (exact) mass is 258 g/mol. The van der Waals surface area contributed by atoms with Gasteiger partial charge < -0.3 is 10.2 Å². The number of amides is 2. The van der Waals surface area contributed by atoms with Crippen LogP contribution in [-0.4, -0.2) is 23.5 Å². The third-order valence-corrected chi connectivity index (χ3v) is 3.72. The first kappa shape index (κ1) is 13.7. The van der Waals surface area contributed by atoms with Crippen molar-refractivity contribution in [2.75, 3.05) is 6.54 Å². The van der Waals surface area contributed by atoms with Crippen LogP contribution in [0.3, 0.4) is 0 Å². The molecule has 1 fully saturated rings. The van der Waals surface area contributed by atoms with Crippen LogP contribution in [0, 0.1) is 6.92 Å². The zero-order valence-electron chi connectivity index (χ0n) is 11.7. The lowest BCUT2D eigenvalue weighted by atomic mass is 10.0. The molecule has 0 aliphatic carbocycles. The van der Waals surface area contributed by atoms with Gasteiger partial charge in [-0.15, -0.1) is 0 Å². The molecule has 0 aromatic heterocycles. The molecule has 1 N–H and O–H groups in total. The molecule has 3 nitrogen and oxygen atoms in total. The van der Waals surface area contributed by atoms with Crippen molar-refractivity contribution in [3.8, 4) is 0 Å². The van der Waals surface area contributed by atoms with E-state index in [0.717, 1.165) is 24.9 Å². The number of urea groups is 1. The molecule has 0 radical (unpaired) electrons. The summed E-state index contributed by atoms with van der Waals surface area (Å²) in [5.41, 5.74) is 2.34. The molecule has 1 atom stereocenters. The third-order valence-electron chi connectivity index (χ3n) is 3.72. The smallest absolute Gasteiger partial charge is 0.321 e. The maximum absolute atomic E-state index is 12.0. The predicted molar refractivity (Wildman–Crippen MR) is 78.8 cm³/mol. The summed E-state index contributed by atoms with van der Waals surface area (Å²) in [5.74, 6) is 0. The number of piperidine rings is 1. The van der Waals surface area contributed by atoms with Crippen LogP contribution in [0.5, 0.6) is 0 Å². The van der Waals surface area contributed by atoms with Gasteiger partial charge in [0.25, 0.3) is 0 Å². The van der Waals surface area contributed by atoms with E-state index in [4.69, 9.17) is 0 Å². The average molecular weight is 258 g/mol. The van der Waals surface area contributed by atoms with Crippen LogP contribution in [-0.2, 0) is 0 Å². The van der Waals surface area contributed by atoms with Crippen molar-refractivity contribution in [2.24, 2.45) is 0 Å². The molecule has 19 heavy (non-hydrogen) atoms. The number of benzene rings is 1. The van der Waals surface area contributed by atoms with Crippen molar-refractivity contribution in [3.05, 3.63) is 41.6 Å². The second kappa shape index (κ2) is 6.41. The maximum Gasteiger partial charge on any atom is 0.321 e. The number of carbonyl (C=O) groups excluding carboxylic acids is 1. The summed E-state index contributed by atoms with van der Waals surface area (Å²) in [5, 5.41) is 2.86. The van der Waals surface area contributed by atoms with Crippen LogP contribution in [0.15, 0.2) is 30.5 Å². The quantitative estimate of drug-likeness (QED) is 0.864. The largest absolute Gasteiger partial charge is 0.322 e. The van der Waals surface area contributed by atoms with Crippen molar-refractivity contribution >= 4 is 12.1 Å². The molecule has 2 rings (SSSR count). The van der Waals surface area contributed by atoms with Crippen molar-refractivity contribution in [2.45, 2.75) is 39.2 Å². The van der Waals surface area contributed by atoms with Crippen LogP contribution in [0.1, 0.15) is 37.3 Å². The highest BCUT2D eigenvalue weighted by Gasteiger charge is 2.22. The Balaban J connectivity index is 1.91. The molecule has 1 heterocycles. The van der Waals surface area contributed by atoms with E-state index < -0.39 is 0 Å². The molecule has 1 aliphatic heterocycles. The van der Waals surface area contributed by atoms with Gasteiger partial charge >= 0.3 is 6.03 Å². The molecule has 102 valence electrons. The van der Waals surface area contributed by atoms with E-state index in [-0.39, 0.29) is 6.03 Å². The summed E-state index contributed by atoms with van der Waals surface area (Å²) in [7, 11) is 0. The van der Waals surface area contributed by atoms with Crippen molar-refractivity contribution < 1.29 is 4.79 Å². The molecule has 2 amide bonds. The molecule has 0 saturated carbocycles. The van der Waals surface area contributed by atoms with E-state index in [0.29, 0.717) is 6.04 Å². The minimum Gasteiger partial charge on any atom is -0.322 e. The summed E-state index contributed by atoms with van der Waals surface area (Å²) in [6, 6.07) is 8.48. The first-order valence-corrected chi connectivity index (χ1v) is 6.98. The van der Waals surface area contributed by atoms with Gasteiger partial charge in [-0.2, -0.15) is 0 Å². The van der Waals surface area contributed by atoms with E-state index in [1.54, 1.807) is 6.20 Å². The van der Waals surface area contributed by atoms with Gasteiger partial charge in [-0.05, 0) is 50.3 Å².